The molecule has 18 heavy (non-hydrogen) atoms. The Bertz CT molecular complexity index is 331. The SMILES string of the molecule is COc1ccc([C@H](C)NC(C)CCC(C)C)cc1. The van der Waals surface area contributed by atoms with Crippen LogP contribution in [0.2, 0.25) is 0 Å². The average molecular weight is 249 g/mol. The van der Waals surface area contributed by atoms with E-state index in [1.165, 1.54) is 18.4 Å². The van der Waals surface area contributed by atoms with Crippen molar-refractivity contribution in [2.45, 2.75) is 52.6 Å². The number of rotatable bonds is 7. The maximum atomic E-state index is 5.17. The second-order valence-electron chi connectivity index (χ2n) is 5.53. The summed E-state index contributed by atoms with van der Waals surface area (Å²) in [4.78, 5) is 0. The van der Waals surface area contributed by atoms with Crippen molar-refractivity contribution in [2.24, 2.45) is 5.92 Å². The molecule has 0 amide bonds. The third-order valence-corrected chi connectivity index (χ3v) is 3.33. The van der Waals surface area contributed by atoms with E-state index in [9.17, 15) is 0 Å². The predicted octanol–water partition coefficient (Wildman–Crippen LogP) is 4.17. The summed E-state index contributed by atoms with van der Waals surface area (Å²) in [5, 5.41) is 3.65. The van der Waals surface area contributed by atoms with Crippen LogP contribution in [0, 0.1) is 5.92 Å². The zero-order valence-electron chi connectivity index (χ0n) is 12.4. The molecule has 0 aliphatic carbocycles. The molecule has 0 radical (unpaired) electrons. The molecule has 0 fully saturated rings. The number of hydrogen-bond acceptors (Lipinski definition) is 2. The zero-order chi connectivity index (χ0) is 13.5. The largest absolute Gasteiger partial charge is 0.497 e. The van der Waals surface area contributed by atoms with Crippen LogP contribution in [0.5, 0.6) is 5.75 Å². The minimum atomic E-state index is 0.387. The summed E-state index contributed by atoms with van der Waals surface area (Å²) in [6.07, 6.45) is 2.52. The van der Waals surface area contributed by atoms with Gasteiger partial charge in [-0.15, -0.1) is 0 Å². The van der Waals surface area contributed by atoms with Gasteiger partial charge in [0, 0.05) is 12.1 Å². The lowest BCUT2D eigenvalue weighted by Gasteiger charge is -2.21. The molecule has 0 aliphatic heterocycles. The van der Waals surface area contributed by atoms with Gasteiger partial charge >= 0.3 is 0 Å². The molecule has 1 unspecified atom stereocenters. The highest BCUT2D eigenvalue weighted by molar-refractivity contribution is 5.28. The number of benzene rings is 1. The molecule has 2 atom stereocenters. The lowest BCUT2D eigenvalue weighted by Crippen LogP contribution is -2.29. The van der Waals surface area contributed by atoms with Gasteiger partial charge in [-0.2, -0.15) is 0 Å². The Balaban J connectivity index is 2.45. The van der Waals surface area contributed by atoms with Crippen molar-refractivity contribution in [3.63, 3.8) is 0 Å². The highest BCUT2D eigenvalue weighted by atomic mass is 16.5. The molecule has 1 rings (SSSR count). The van der Waals surface area contributed by atoms with Crippen molar-refractivity contribution in [3.8, 4) is 5.75 Å². The fraction of sp³-hybridized carbons (Fsp3) is 0.625. The van der Waals surface area contributed by atoms with Crippen LogP contribution >= 0.6 is 0 Å². The average Bonchev–Trinajstić information content (AvgIpc) is 2.36. The Morgan fingerprint density at radius 3 is 2.11 bits per heavy atom. The topological polar surface area (TPSA) is 21.3 Å². The predicted molar refractivity (Wildman–Crippen MR) is 78.1 cm³/mol. The van der Waals surface area contributed by atoms with E-state index in [1.54, 1.807) is 7.11 Å². The molecule has 1 aromatic carbocycles. The highest BCUT2D eigenvalue weighted by Crippen LogP contribution is 2.18. The third-order valence-electron chi connectivity index (χ3n) is 3.33. The maximum absolute atomic E-state index is 5.17. The van der Waals surface area contributed by atoms with Gasteiger partial charge in [0.25, 0.3) is 0 Å². The Morgan fingerprint density at radius 2 is 1.61 bits per heavy atom. The molecular formula is C16H27NO. The van der Waals surface area contributed by atoms with Crippen molar-refractivity contribution in [1.82, 2.24) is 5.32 Å². The lowest BCUT2D eigenvalue weighted by molar-refractivity contribution is 0.410. The minimum absolute atomic E-state index is 0.387. The molecule has 1 aromatic rings. The summed E-state index contributed by atoms with van der Waals surface area (Å²) in [6, 6.07) is 9.25. The van der Waals surface area contributed by atoms with Gasteiger partial charge in [0.15, 0.2) is 0 Å². The molecule has 0 spiro atoms. The quantitative estimate of drug-likeness (QED) is 0.783. The van der Waals surface area contributed by atoms with Crippen molar-refractivity contribution in [2.75, 3.05) is 7.11 Å². The van der Waals surface area contributed by atoms with E-state index in [4.69, 9.17) is 4.74 Å². The molecule has 0 saturated heterocycles. The first-order valence-corrected chi connectivity index (χ1v) is 6.93. The highest BCUT2D eigenvalue weighted by Gasteiger charge is 2.10. The van der Waals surface area contributed by atoms with E-state index in [1.807, 2.05) is 12.1 Å². The van der Waals surface area contributed by atoms with Crippen molar-refractivity contribution in [3.05, 3.63) is 29.8 Å². The summed E-state index contributed by atoms with van der Waals surface area (Å²) in [5.41, 5.74) is 1.31. The molecular weight excluding hydrogens is 222 g/mol. The van der Waals surface area contributed by atoms with Gasteiger partial charge in [0.2, 0.25) is 0 Å². The first kappa shape index (κ1) is 15.0. The molecule has 2 nitrogen and oxygen atoms in total. The van der Waals surface area contributed by atoms with Crippen LogP contribution in [0.25, 0.3) is 0 Å². The molecule has 0 heterocycles. The van der Waals surface area contributed by atoms with Gasteiger partial charge in [-0.25, -0.2) is 0 Å². The Labute approximate surface area is 112 Å². The van der Waals surface area contributed by atoms with E-state index in [2.05, 4.69) is 45.1 Å². The molecule has 0 bridgehead atoms. The van der Waals surface area contributed by atoms with Gasteiger partial charge in [-0.05, 0) is 50.3 Å². The molecule has 1 N–H and O–H groups in total. The van der Waals surface area contributed by atoms with Gasteiger partial charge in [-0.1, -0.05) is 26.0 Å². The van der Waals surface area contributed by atoms with E-state index in [-0.39, 0.29) is 0 Å². The molecule has 0 aliphatic rings. The van der Waals surface area contributed by atoms with Crippen LogP contribution in [0.3, 0.4) is 0 Å². The van der Waals surface area contributed by atoms with Gasteiger partial charge < -0.3 is 10.1 Å². The van der Waals surface area contributed by atoms with Crippen LogP contribution in [0.15, 0.2) is 24.3 Å². The fourth-order valence-electron chi connectivity index (χ4n) is 2.08. The van der Waals surface area contributed by atoms with Gasteiger partial charge in [-0.3, -0.25) is 0 Å². The summed E-state index contributed by atoms with van der Waals surface area (Å²) in [5.74, 6) is 1.70. The van der Waals surface area contributed by atoms with E-state index in [0.717, 1.165) is 11.7 Å². The summed E-state index contributed by atoms with van der Waals surface area (Å²) in [6.45, 7) is 9.04. The first-order valence-electron chi connectivity index (χ1n) is 6.93. The van der Waals surface area contributed by atoms with Crippen LogP contribution in [0.1, 0.15) is 52.1 Å². The van der Waals surface area contributed by atoms with E-state index < -0.39 is 0 Å². The Morgan fingerprint density at radius 1 is 1.00 bits per heavy atom. The van der Waals surface area contributed by atoms with Crippen molar-refractivity contribution >= 4 is 0 Å². The second kappa shape index (κ2) is 7.42. The maximum Gasteiger partial charge on any atom is 0.118 e. The lowest BCUT2D eigenvalue weighted by atomic mass is 10.0. The third kappa shape index (κ3) is 5.09. The van der Waals surface area contributed by atoms with Crippen LogP contribution < -0.4 is 10.1 Å². The molecule has 0 saturated carbocycles. The smallest absolute Gasteiger partial charge is 0.118 e. The molecule has 0 aromatic heterocycles. The second-order valence-corrected chi connectivity index (χ2v) is 5.53. The minimum Gasteiger partial charge on any atom is -0.497 e. The number of nitrogens with one attached hydrogen (secondary N) is 1. The van der Waals surface area contributed by atoms with Crippen molar-refractivity contribution in [1.29, 1.82) is 0 Å². The van der Waals surface area contributed by atoms with Gasteiger partial charge in [0.1, 0.15) is 5.75 Å². The fourth-order valence-corrected chi connectivity index (χ4v) is 2.08. The number of hydrogen-bond donors (Lipinski definition) is 1. The summed E-state index contributed by atoms with van der Waals surface area (Å²) >= 11 is 0. The van der Waals surface area contributed by atoms with Crippen LogP contribution in [-0.4, -0.2) is 13.2 Å². The van der Waals surface area contributed by atoms with Crippen molar-refractivity contribution < 1.29 is 4.74 Å². The van der Waals surface area contributed by atoms with Gasteiger partial charge in [0.05, 0.1) is 7.11 Å². The number of ether oxygens (including phenoxy) is 1. The Kier molecular flexibility index (Phi) is 6.20. The Hall–Kier alpha value is -1.02. The van der Waals surface area contributed by atoms with E-state index >= 15 is 0 Å². The number of methoxy groups -OCH3 is 1. The molecule has 102 valence electrons. The monoisotopic (exact) mass is 249 g/mol. The zero-order valence-corrected chi connectivity index (χ0v) is 12.4. The van der Waals surface area contributed by atoms with E-state index in [0.29, 0.717) is 12.1 Å². The summed E-state index contributed by atoms with van der Waals surface area (Å²) in [7, 11) is 1.70. The van der Waals surface area contributed by atoms with Crippen LogP contribution in [0.4, 0.5) is 0 Å². The standard InChI is InChI=1S/C16H27NO/c1-12(2)6-7-13(3)17-14(4)15-8-10-16(18-5)11-9-15/h8-14,17H,6-7H2,1-5H3/t13?,14-/m0/s1. The molecule has 2 heteroatoms. The first-order chi connectivity index (χ1) is 8.52. The summed E-state index contributed by atoms with van der Waals surface area (Å²) < 4.78 is 5.17. The normalized spacial score (nSPS) is 14.6. The van der Waals surface area contributed by atoms with Crippen LogP contribution in [-0.2, 0) is 0 Å².